The first-order valence-electron chi connectivity index (χ1n) is 6.12. The summed E-state index contributed by atoms with van der Waals surface area (Å²) in [6.45, 7) is 0.361. The third kappa shape index (κ3) is 3.30. The molecule has 0 aliphatic heterocycles. The number of hydrogen-bond donors (Lipinski definition) is 2. The molecule has 2 rings (SSSR count). The monoisotopic (exact) mass is 254 g/mol. The topological polar surface area (TPSA) is 84.6 Å². The van der Waals surface area contributed by atoms with Gasteiger partial charge in [-0.05, 0) is 19.3 Å². The van der Waals surface area contributed by atoms with Crippen LogP contribution in [0.2, 0.25) is 0 Å². The second-order valence-corrected chi connectivity index (χ2v) is 4.53. The third-order valence-corrected chi connectivity index (χ3v) is 2.92. The molecular formula is C12H18N2O4. The van der Waals surface area contributed by atoms with E-state index in [0.717, 1.165) is 18.6 Å². The average molecular weight is 254 g/mol. The molecule has 1 aromatic heterocycles. The van der Waals surface area contributed by atoms with Crippen LogP contribution in [-0.2, 0) is 4.74 Å². The zero-order chi connectivity index (χ0) is 13.0. The minimum atomic E-state index is -0.291. The summed E-state index contributed by atoms with van der Waals surface area (Å²) >= 11 is 0. The van der Waals surface area contributed by atoms with Crippen molar-refractivity contribution in [3.05, 3.63) is 17.5 Å². The molecule has 1 fully saturated rings. The van der Waals surface area contributed by atoms with Gasteiger partial charge in [0.15, 0.2) is 5.69 Å². The van der Waals surface area contributed by atoms with Gasteiger partial charge in [-0.25, -0.2) is 0 Å². The van der Waals surface area contributed by atoms with Gasteiger partial charge >= 0.3 is 0 Å². The molecule has 0 spiro atoms. The molecule has 0 radical (unpaired) electrons. The Morgan fingerprint density at radius 1 is 1.72 bits per heavy atom. The van der Waals surface area contributed by atoms with Crippen molar-refractivity contribution in [3.63, 3.8) is 0 Å². The number of carbonyl (C=O) groups is 1. The Kier molecular flexibility index (Phi) is 4.33. The number of hydrogen-bond acceptors (Lipinski definition) is 5. The summed E-state index contributed by atoms with van der Waals surface area (Å²) in [6.07, 6.45) is 2.66. The zero-order valence-electron chi connectivity index (χ0n) is 10.4. The smallest absolute Gasteiger partial charge is 0.273 e. The second kappa shape index (κ2) is 5.97. The Balaban J connectivity index is 1.91. The largest absolute Gasteiger partial charge is 0.396 e. The van der Waals surface area contributed by atoms with Gasteiger partial charge in [0.05, 0.1) is 12.6 Å². The minimum absolute atomic E-state index is 0.000443. The highest BCUT2D eigenvalue weighted by Crippen LogP contribution is 2.40. The molecule has 6 heteroatoms. The molecule has 0 aromatic carbocycles. The van der Waals surface area contributed by atoms with E-state index >= 15 is 0 Å². The number of nitrogens with one attached hydrogen (secondary N) is 1. The maximum atomic E-state index is 11.9. The van der Waals surface area contributed by atoms with Crippen molar-refractivity contribution in [2.75, 3.05) is 20.3 Å². The van der Waals surface area contributed by atoms with Crippen molar-refractivity contribution in [1.82, 2.24) is 10.5 Å². The number of aromatic nitrogens is 1. The first kappa shape index (κ1) is 13.0. The molecule has 1 aliphatic rings. The van der Waals surface area contributed by atoms with Crippen LogP contribution < -0.4 is 5.32 Å². The van der Waals surface area contributed by atoms with Gasteiger partial charge in [0, 0.05) is 25.7 Å². The molecule has 0 bridgehead atoms. The number of amides is 1. The second-order valence-electron chi connectivity index (χ2n) is 4.53. The van der Waals surface area contributed by atoms with E-state index < -0.39 is 0 Å². The van der Waals surface area contributed by atoms with Crippen LogP contribution in [0.25, 0.3) is 0 Å². The first-order chi connectivity index (χ1) is 8.74. The van der Waals surface area contributed by atoms with Crippen LogP contribution in [0.1, 0.15) is 41.4 Å². The Morgan fingerprint density at radius 2 is 2.50 bits per heavy atom. The molecule has 1 aromatic rings. The summed E-state index contributed by atoms with van der Waals surface area (Å²) in [5.74, 6) is 0.929. The molecular weight excluding hydrogens is 236 g/mol. The van der Waals surface area contributed by atoms with Crippen LogP contribution in [0.5, 0.6) is 0 Å². The fourth-order valence-electron chi connectivity index (χ4n) is 1.77. The summed E-state index contributed by atoms with van der Waals surface area (Å²) in [4.78, 5) is 11.9. The quantitative estimate of drug-likeness (QED) is 0.747. The van der Waals surface area contributed by atoms with E-state index in [9.17, 15) is 4.79 Å². The summed E-state index contributed by atoms with van der Waals surface area (Å²) in [7, 11) is 1.55. The van der Waals surface area contributed by atoms with E-state index in [2.05, 4.69) is 10.5 Å². The fourth-order valence-corrected chi connectivity index (χ4v) is 1.77. The lowest BCUT2D eigenvalue weighted by Crippen LogP contribution is -2.38. The lowest BCUT2D eigenvalue weighted by molar-refractivity contribution is 0.0870. The van der Waals surface area contributed by atoms with Crippen LogP contribution in [-0.4, -0.2) is 42.5 Å². The van der Waals surface area contributed by atoms with Crippen LogP contribution >= 0.6 is 0 Å². The normalized spacial score (nSPS) is 16.6. The molecule has 1 heterocycles. The minimum Gasteiger partial charge on any atom is -0.396 e. The van der Waals surface area contributed by atoms with Gasteiger partial charge in [-0.3, -0.25) is 4.79 Å². The average Bonchev–Trinajstić information content (AvgIpc) is 3.07. The molecule has 1 saturated carbocycles. The van der Waals surface area contributed by atoms with Crippen molar-refractivity contribution in [2.24, 2.45) is 0 Å². The Morgan fingerprint density at radius 3 is 3.11 bits per heavy atom. The van der Waals surface area contributed by atoms with E-state index in [1.54, 1.807) is 13.2 Å². The first-order valence-corrected chi connectivity index (χ1v) is 6.12. The maximum absolute atomic E-state index is 11.9. The van der Waals surface area contributed by atoms with Gasteiger partial charge < -0.3 is 19.7 Å². The summed E-state index contributed by atoms with van der Waals surface area (Å²) in [5.41, 5.74) is 0.288. The van der Waals surface area contributed by atoms with Crippen LogP contribution in [0.4, 0.5) is 0 Å². The van der Waals surface area contributed by atoms with Crippen molar-refractivity contribution in [3.8, 4) is 0 Å². The summed E-state index contributed by atoms with van der Waals surface area (Å²) in [6, 6.07) is 1.48. The Bertz CT molecular complexity index is 395. The predicted molar refractivity (Wildman–Crippen MR) is 63.3 cm³/mol. The van der Waals surface area contributed by atoms with Gasteiger partial charge in [-0.2, -0.15) is 0 Å². The molecule has 18 heavy (non-hydrogen) atoms. The number of rotatable bonds is 7. The highest BCUT2D eigenvalue weighted by molar-refractivity contribution is 5.92. The van der Waals surface area contributed by atoms with E-state index in [-0.39, 0.29) is 24.2 Å². The SMILES string of the molecule is COCC(CCO)NC(=O)c1cc(C2CC2)on1. The van der Waals surface area contributed by atoms with Gasteiger partial charge in [-0.1, -0.05) is 5.16 Å². The van der Waals surface area contributed by atoms with Gasteiger partial charge in [0.1, 0.15) is 5.76 Å². The van der Waals surface area contributed by atoms with E-state index in [1.807, 2.05) is 0 Å². The molecule has 1 amide bonds. The standard InChI is InChI=1S/C12H18N2O4/c1-17-7-9(4-5-15)13-12(16)10-6-11(18-14-10)8-2-3-8/h6,8-9,15H,2-5,7H2,1H3,(H,13,16). The van der Waals surface area contributed by atoms with Crippen molar-refractivity contribution in [2.45, 2.75) is 31.2 Å². The fraction of sp³-hybridized carbons (Fsp3) is 0.667. The highest BCUT2D eigenvalue weighted by atomic mass is 16.5. The van der Waals surface area contributed by atoms with Gasteiger partial charge in [-0.15, -0.1) is 0 Å². The van der Waals surface area contributed by atoms with Crippen LogP contribution in [0.3, 0.4) is 0 Å². The molecule has 1 aliphatic carbocycles. The van der Waals surface area contributed by atoms with E-state index in [0.29, 0.717) is 18.9 Å². The molecule has 2 N–H and O–H groups in total. The summed E-state index contributed by atoms with van der Waals surface area (Å²) in [5, 5.41) is 15.4. The Labute approximate surface area is 105 Å². The van der Waals surface area contributed by atoms with E-state index in [1.165, 1.54) is 0 Å². The molecule has 100 valence electrons. The van der Waals surface area contributed by atoms with Crippen molar-refractivity contribution in [1.29, 1.82) is 0 Å². The zero-order valence-corrected chi connectivity index (χ0v) is 10.4. The molecule has 1 unspecified atom stereocenters. The number of aliphatic hydroxyl groups is 1. The van der Waals surface area contributed by atoms with Crippen molar-refractivity contribution < 1.29 is 19.2 Å². The Hall–Kier alpha value is -1.40. The summed E-state index contributed by atoms with van der Waals surface area (Å²) < 4.78 is 10.1. The van der Waals surface area contributed by atoms with Crippen LogP contribution in [0.15, 0.2) is 10.6 Å². The highest BCUT2D eigenvalue weighted by Gasteiger charge is 2.29. The predicted octanol–water partition coefficient (Wildman–Crippen LogP) is 0.679. The lowest BCUT2D eigenvalue weighted by Gasteiger charge is -2.15. The third-order valence-electron chi connectivity index (χ3n) is 2.92. The number of nitrogens with zero attached hydrogens (tertiary/aromatic N) is 1. The number of carbonyl (C=O) groups excluding carboxylic acids is 1. The number of methoxy groups -OCH3 is 1. The van der Waals surface area contributed by atoms with Gasteiger partial charge in [0.2, 0.25) is 0 Å². The van der Waals surface area contributed by atoms with E-state index in [4.69, 9.17) is 14.4 Å². The molecule has 0 saturated heterocycles. The molecule has 6 nitrogen and oxygen atoms in total. The molecule has 1 atom stereocenters. The number of aliphatic hydroxyl groups excluding tert-OH is 1. The van der Waals surface area contributed by atoms with Crippen LogP contribution in [0, 0.1) is 0 Å². The van der Waals surface area contributed by atoms with Gasteiger partial charge in [0.25, 0.3) is 5.91 Å². The maximum Gasteiger partial charge on any atom is 0.273 e. The number of ether oxygens (including phenoxy) is 1. The van der Waals surface area contributed by atoms with Crippen molar-refractivity contribution >= 4 is 5.91 Å². The lowest BCUT2D eigenvalue weighted by atomic mass is 10.2.